The van der Waals surface area contributed by atoms with Gasteiger partial charge in [0.05, 0.1) is 40.7 Å². The van der Waals surface area contributed by atoms with Gasteiger partial charge in [-0.25, -0.2) is 19.0 Å². The van der Waals surface area contributed by atoms with E-state index in [4.69, 9.17) is 60.6 Å². The molecule has 0 atom stereocenters. The Hall–Kier alpha value is -6.56. The van der Waals surface area contributed by atoms with Gasteiger partial charge in [-0.2, -0.15) is 0 Å². The zero-order valence-electron chi connectivity index (χ0n) is 34.5. The number of aryl methyl sites for hydroxylation is 4. The SMILES string of the molecule is COC(=O)c1ccc(Oc2nn(-c3cc(Cl)cc(Cl)c3)cc2-c2ccc(C)cc2)c(C)c1.Cc1ccc(-c2cn(-c3cc(Cl)cc(Cl)c3)nc2Oc2ccc(C(=O)O)cc2C)cc1. The predicted molar refractivity (Wildman–Crippen MR) is 248 cm³/mol. The second kappa shape index (κ2) is 19.2. The average molecular weight is 921 g/mol. The van der Waals surface area contributed by atoms with E-state index in [0.29, 0.717) is 65.9 Å². The van der Waals surface area contributed by atoms with Crippen LogP contribution in [0, 0.1) is 27.7 Å². The molecule has 0 amide bonds. The van der Waals surface area contributed by atoms with E-state index in [9.17, 15) is 14.7 Å². The standard InChI is InChI=1S/C25H20Cl2N2O3.C24H18Cl2N2O3/c1-15-4-6-17(7-5-15)22-14-29(21-12-19(26)11-20(27)13-21)28-24(22)32-23-9-8-18(10-16(23)2)25(30)31-3;1-14-3-5-16(6-4-14)21-13-28(20-11-18(25)10-19(26)12-20)27-23(21)31-22-8-7-17(24(29)30)9-15(22)2/h4-14H,1-3H3;3-13H,1-2H3,(H,29,30). The van der Waals surface area contributed by atoms with Crippen molar-refractivity contribution in [2.24, 2.45) is 0 Å². The van der Waals surface area contributed by atoms with Crippen molar-refractivity contribution in [1.82, 2.24) is 19.6 Å². The number of benzene rings is 6. The molecular weight excluding hydrogens is 882 g/mol. The summed E-state index contributed by atoms with van der Waals surface area (Å²) in [5.74, 6) is 0.511. The Morgan fingerprint density at radius 2 is 0.905 bits per heavy atom. The molecule has 0 fully saturated rings. The number of nitrogens with zero attached hydrogens (tertiary/aromatic N) is 4. The van der Waals surface area contributed by atoms with Crippen LogP contribution in [0.5, 0.6) is 23.3 Å². The maximum Gasteiger partial charge on any atom is 0.337 e. The molecule has 6 aromatic carbocycles. The summed E-state index contributed by atoms with van der Waals surface area (Å²) in [6.07, 6.45) is 3.73. The summed E-state index contributed by atoms with van der Waals surface area (Å²) in [5.41, 5.74) is 9.28. The van der Waals surface area contributed by atoms with Gasteiger partial charge in [0.1, 0.15) is 11.5 Å². The fraction of sp³-hybridized carbons (Fsp3) is 0.102. The number of carboxylic acid groups (broad SMARTS) is 1. The topological polar surface area (TPSA) is 118 Å². The number of hydrogen-bond donors (Lipinski definition) is 1. The molecule has 0 bridgehead atoms. The van der Waals surface area contributed by atoms with E-state index >= 15 is 0 Å². The maximum absolute atomic E-state index is 11.8. The first-order valence-electron chi connectivity index (χ1n) is 19.3. The van der Waals surface area contributed by atoms with Crippen LogP contribution in [-0.2, 0) is 4.74 Å². The highest BCUT2D eigenvalue weighted by Crippen LogP contribution is 2.37. The molecular formula is C49H38Cl4N4O6. The first-order chi connectivity index (χ1) is 30.1. The Kier molecular flexibility index (Phi) is 13.6. The van der Waals surface area contributed by atoms with Gasteiger partial charge < -0.3 is 19.3 Å². The molecule has 14 heteroatoms. The number of esters is 1. The van der Waals surface area contributed by atoms with Crippen molar-refractivity contribution in [3.63, 3.8) is 0 Å². The lowest BCUT2D eigenvalue weighted by molar-refractivity contribution is 0.0599. The normalized spacial score (nSPS) is 10.8. The van der Waals surface area contributed by atoms with Crippen LogP contribution in [0.3, 0.4) is 0 Å². The van der Waals surface area contributed by atoms with Crippen LogP contribution in [0.2, 0.25) is 20.1 Å². The molecule has 0 spiro atoms. The monoisotopic (exact) mass is 918 g/mol. The van der Waals surface area contributed by atoms with Crippen LogP contribution in [0.1, 0.15) is 43.0 Å². The number of hydrogen-bond acceptors (Lipinski definition) is 7. The van der Waals surface area contributed by atoms with Crippen LogP contribution < -0.4 is 9.47 Å². The average Bonchev–Trinajstić information content (AvgIpc) is 3.87. The van der Waals surface area contributed by atoms with Gasteiger partial charge >= 0.3 is 11.9 Å². The van der Waals surface area contributed by atoms with Gasteiger partial charge in [-0.1, -0.05) is 106 Å². The minimum absolute atomic E-state index is 0.197. The molecule has 8 rings (SSSR count). The minimum atomic E-state index is -0.989. The second-order valence-electron chi connectivity index (χ2n) is 14.5. The zero-order valence-corrected chi connectivity index (χ0v) is 37.5. The van der Waals surface area contributed by atoms with Crippen molar-refractivity contribution in [2.45, 2.75) is 27.7 Å². The highest BCUT2D eigenvalue weighted by atomic mass is 35.5. The van der Waals surface area contributed by atoms with Crippen molar-refractivity contribution in [1.29, 1.82) is 0 Å². The summed E-state index contributed by atoms with van der Waals surface area (Å²) in [7, 11) is 1.35. The molecule has 10 nitrogen and oxygen atoms in total. The lowest BCUT2D eigenvalue weighted by atomic mass is 10.1. The molecule has 318 valence electrons. The largest absolute Gasteiger partial charge is 0.478 e. The third-order valence-electron chi connectivity index (χ3n) is 9.74. The number of carboxylic acids is 1. The lowest BCUT2D eigenvalue weighted by Gasteiger charge is -2.09. The molecule has 0 saturated heterocycles. The molecule has 0 unspecified atom stereocenters. The highest BCUT2D eigenvalue weighted by Gasteiger charge is 2.19. The molecule has 1 N–H and O–H groups in total. The number of aromatic nitrogens is 4. The van der Waals surface area contributed by atoms with E-state index in [1.807, 2.05) is 81.7 Å². The molecule has 0 saturated carbocycles. The Morgan fingerprint density at radius 3 is 1.27 bits per heavy atom. The van der Waals surface area contributed by atoms with Gasteiger partial charge in [0.25, 0.3) is 0 Å². The van der Waals surface area contributed by atoms with E-state index in [2.05, 4.69) is 10.2 Å². The second-order valence-corrected chi connectivity index (χ2v) is 16.3. The van der Waals surface area contributed by atoms with Gasteiger partial charge in [0.15, 0.2) is 0 Å². The predicted octanol–water partition coefficient (Wildman–Crippen LogP) is 14.0. The van der Waals surface area contributed by atoms with Crippen molar-refractivity contribution in [3.8, 4) is 56.9 Å². The molecule has 0 aliphatic carbocycles. The molecule has 0 radical (unpaired) electrons. The van der Waals surface area contributed by atoms with Gasteiger partial charge in [0, 0.05) is 32.5 Å². The molecule has 2 heterocycles. The van der Waals surface area contributed by atoms with Gasteiger partial charge in [-0.05, 0) is 123 Å². The summed E-state index contributed by atoms with van der Waals surface area (Å²) in [4.78, 5) is 23.0. The third kappa shape index (κ3) is 10.7. The summed E-state index contributed by atoms with van der Waals surface area (Å²) in [5, 5.41) is 20.5. The number of ether oxygens (including phenoxy) is 3. The number of methoxy groups -OCH3 is 1. The van der Waals surface area contributed by atoms with Crippen LogP contribution in [0.4, 0.5) is 0 Å². The van der Waals surface area contributed by atoms with Gasteiger partial charge in [-0.15, -0.1) is 10.2 Å². The summed E-state index contributed by atoms with van der Waals surface area (Å²) < 4.78 is 20.5. The number of carbonyl (C=O) groups excluding carboxylic acids is 1. The maximum atomic E-state index is 11.8. The van der Waals surface area contributed by atoms with E-state index < -0.39 is 11.9 Å². The van der Waals surface area contributed by atoms with Gasteiger partial charge in [0.2, 0.25) is 11.8 Å². The van der Waals surface area contributed by atoms with E-state index in [-0.39, 0.29) is 5.56 Å². The quantitative estimate of drug-likeness (QED) is 0.135. The molecule has 8 aromatic rings. The van der Waals surface area contributed by atoms with E-state index in [0.717, 1.165) is 38.9 Å². The third-order valence-corrected chi connectivity index (χ3v) is 10.6. The van der Waals surface area contributed by atoms with Crippen LogP contribution in [0.15, 0.2) is 134 Å². The Bertz CT molecular complexity index is 2940. The number of rotatable bonds is 10. The fourth-order valence-corrected chi connectivity index (χ4v) is 7.48. The Labute approximate surface area is 383 Å². The zero-order chi connectivity index (χ0) is 44.9. The molecule has 0 aliphatic heterocycles. The Morgan fingerprint density at radius 1 is 0.524 bits per heavy atom. The first kappa shape index (κ1) is 44.5. The van der Waals surface area contributed by atoms with E-state index in [1.54, 1.807) is 83.0 Å². The van der Waals surface area contributed by atoms with Crippen molar-refractivity contribution in [3.05, 3.63) is 187 Å². The molecule has 63 heavy (non-hydrogen) atoms. The summed E-state index contributed by atoms with van der Waals surface area (Å²) in [6.45, 7) is 7.71. The number of halogens is 4. The number of carbonyl (C=O) groups is 2. The highest BCUT2D eigenvalue weighted by molar-refractivity contribution is 6.35. The van der Waals surface area contributed by atoms with Crippen LogP contribution in [0.25, 0.3) is 33.6 Å². The molecule has 0 aliphatic rings. The number of aromatic carboxylic acids is 1. The smallest absolute Gasteiger partial charge is 0.337 e. The van der Waals surface area contributed by atoms with Crippen molar-refractivity contribution in [2.75, 3.05) is 7.11 Å². The fourth-order valence-electron chi connectivity index (χ4n) is 6.45. The lowest BCUT2D eigenvalue weighted by Crippen LogP contribution is -2.02. The van der Waals surface area contributed by atoms with Crippen LogP contribution >= 0.6 is 46.4 Å². The van der Waals surface area contributed by atoms with E-state index in [1.165, 1.54) is 13.2 Å². The summed E-state index contributed by atoms with van der Waals surface area (Å²) >= 11 is 24.7. The van der Waals surface area contributed by atoms with Crippen molar-refractivity contribution >= 4 is 58.3 Å². The summed E-state index contributed by atoms with van der Waals surface area (Å²) in [6, 6.07) is 36.3. The van der Waals surface area contributed by atoms with Gasteiger partial charge in [-0.3, -0.25) is 0 Å². The molecule has 2 aromatic heterocycles. The Balaban J connectivity index is 0.000000189. The minimum Gasteiger partial charge on any atom is -0.478 e. The van der Waals surface area contributed by atoms with Crippen molar-refractivity contribution < 1.29 is 28.9 Å². The van der Waals surface area contributed by atoms with Crippen LogP contribution in [-0.4, -0.2) is 43.7 Å². The first-order valence-corrected chi connectivity index (χ1v) is 20.8.